The number of epoxide rings is 1. The van der Waals surface area contributed by atoms with Gasteiger partial charge in [-0.15, -0.1) is 0 Å². The third-order valence-electron chi connectivity index (χ3n) is 8.24. The first-order valence-electron chi connectivity index (χ1n) is 9.62. The quantitative estimate of drug-likeness (QED) is 0.590. The van der Waals surface area contributed by atoms with Crippen LogP contribution in [0.15, 0.2) is 23.0 Å². The van der Waals surface area contributed by atoms with Crippen LogP contribution in [0.5, 0.6) is 0 Å². The first kappa shape index (κ1) is 16.1. The lowest BCUT2D eigenvalue weighted by molar-refractivity contribution is -0.282. The summed E-state index contributed by atoms with van der Waals surface area (Å²) in [5.41, 5.74) is -1.97. The standard InChI is InChI=1S/C20H22O7/c1-18-7-11(9-4-6-24-8-9)25-16(21)10(18)3-5-19(2)14(18)12-13-15(26-13)20(19,23)17(22)27-12/h4,6,8,10-15,23H,3,5,7H2,1-2H3/t10-,11-,12+,13-,14+,15+,18-,19-,20+/m1/s1. The van der Waals surface area contributed by atoms with Crippen molar-refractivity contribution < 1.29 is 33.3 Å². The molecule has 5 heterocycles. The van der Waals surface area contributed by atoms with E-state index in [2.05, 4.69) is 6.92 Å². The van der Waals surface area contributed by atoms with Crippen molar-refractivity contribution in [3.8, 4) is 0 Å². The minimum atomic E-state index is -1.64. The van der Waals surface area contributed by atoms with Gasteiger partial charge in [0.2, 0.25) is 0 Å². The Balaban J connectivity index is 1.48. The van der Waals surface area contributed by atoms with E-state index < -0.39 is 40.7 Å². The zero-order valence-corrected chi connectivity index (χ0v) is 15.2. The van der Waals surface area contributed by atoms with E-state index in [1.807, 2.05) is 13.0 Å². The van der Waals surface area contributed by atoms with Crippen LogP contribution in [0.2, 0.25) is 0 Å². The summed E-state index contributed by atoms with van der Waals surface area (Å²) in [5, 5.41) is 11.4. The Bertz CT molecular complexity index is 849. The Kier molecular flexibility index (Phi) is 2.73. The lowest BCUT2D eigenvalue weighted by atomic mass is 9.41. The molecule has 0 radical (unpaired) electrons. The summed E-state index contributed by atoms with van der Waals surface area (Å²) in [6.07, 6.45) is 3.34. The molecule has 2 saturated carbocycles. The Labute approximate surface area is 155 Å². The van der Waals surface area contributed by atoms with Gasteiger partial charge in [-0.3, -0.25) is 4.79 Å². The van der Waals surface area contributed by atoms with E-state index in [9.17, 15) is 14.7 Å². The van der Waals surface area contributed by atoms with Gasteiger partial charge in [0.25, 0.3) is 0 Å². The van der Waals surface area contributed by atoms with Gasteiger partial charge >= 0.3 is 11.9 Å². The van der Waals surface area contributed by atoms with Crippen molar-refractivity contribution in [2.45, 2.75) is 63.1 Å². The topological polar surface area (TPSA) is 98.5 Å². The number of fused-ring (bicyclic) bond motifs is 2. The molecule has 0 aromatic carbocycles. The van der Waals surface area contributed by atoms with Gasteiger partial charge in [0.05, 0.1) is 18.4 Å². The number of cyclic esters (lactones) is 1. The van der Waals surface area contributed by atoms with Crippen LogP contribution < -0.4 is 0 Å². The van der Waals surface area contributed by atoms with Crippen molar-refractivity contribution in [1.82, 2.24) is 0 Å². The van der Waals surface area contributed by atoms with E-state index >= 15 is 0 Å². The Morgan fingerprint density at radius 3 is 2.74 bits per heavy atom. The number of furan rings is 1. The van der Waals surface area contributed by atoms with E-state index in [1.54, 1.807) is 12.5 Å². The number of hydrogen-bond acceptors (Lipinski definition) is 7. The summed E-state index contributed by atoms with van der Waals surface area (Å²) in [4.78, 5) is 25.5. The maximum absolute atomic E-state index is 12.9. The fourth-order valence-electron chi connectivity index (χ4n) is 6.93. The van der Waals surface area contributed by atoms with Crippen LogP contribution in [0.4, 0.5) is 0 Å². The summed E-state index contributed by atoms with van der Waals surface area (Å²) >= 11 is 0. The van der Waals surface area contributed by atoms with Crippen molar-refractivity contribution in [1.29, 1.82) is 0 Å². The van der Waals surface area contributed by atoms with Crippen LogP contribution in [0.3, 0.4) is 0 Å². The van der Waals surface area contributed by atoms with Gasteiger partial charge in [-0.2, -0.15) is 0 Å². The monoisotopic (exact) mass is 374 g/mol. The molecule has 0 spiro atoms. The third kappa shape index (κ3) is 1.63. The van der Waals surface area contributed by atoms with Crippen LogP contribution in [0, 0.1) is 22.7 Å². The Hall–Kier alpha value is -1.86. The summed E-state index contributed by atoms with van der Waals surface area (Å²) in [5.74, 6) is -1.24. The first-order valence-corrected chi connectivity index (χ1v) is 9.62. The Morgan fingerprint density at radius 1 is 1.19 bits per heavy atom. The number of esters is 2. The van der Waals surface area contributed by atoms with Gasteiger partial charge < -0.3 is 23.7 Å². The van der Waals surface area contributed by atoms with Crippen molar-refractivity contribution in [2.75, 3.05) is 0 Å². The summed E-state index contributed by atoms with van der Waals surface area (Å²) < 4.78 is 22.3. The largest absolute Gasteiger partial charge is 0.472 e. The highest BCUT2D eigenvalue weighted by Crippen LogP contribution is 2.72. The molecule has 9 atom stereocenters. The lowest BCUT2D eigenvalue weighted by Gasteiger charge is -2.66. The molecule has 2 bridgehead atoms. The average Bonchev–Trinajstić information content (AvgIpc) is 3.24. The zero-order valence-electron chi connectivity index (χ0n) is 15.2. The molecule has 1 aromatic heterocycles. The second-order valence-electron chi connectivity index (χ2n) is 9.34. The molecule has 0 unspecified atom stereocenters. The highest BCUT2D eigenvalue weighted by atomic mass is 16.7. The minimum absolute atomic E-state index is 0.169. The number of carbonyl (C=O) groups is 2. The first-order chi connectivity index (χ1) is 12.8. The summed E-state index contributed by atoms with van der Waals surface area (Å²) in [7, 11) is 0. The molecule has 7 nitrogen and oxygen atoms in total. The molecule has 6 aliphatic rings. The second-order valence-corrected chi connectivity index (χ2v) is 9.34. The smallest absolute Gasteiger partial charge is 0.341 e. The summed E-state index contributed by atoms with van der Waals surface area (Å²) in [6.45, 7) is 4.06. The molecule has 7 rings (SSSR count). The van der Waals surface area contributed by atoms with Gasteiger partial charge in [-0.25, -0.2) is 4.79 Å². The molecule has 0 amide bonds. The number of carbonyl (C=O) groups excluding carboxylic acids is 2. The maximum atomic E-state index is 12.9. The predicted octanol–water partition coefficient (Wildman–Crippen LogP) is 1.74. The molecule has 6 fully saturated rings. The molecular weight excluding hydrogens is 352 g/mol. The predicted molar refractivity (Wildman–Crippen MR) is 88.1 cm³/mol. The van der Waals surface area contributed by atoms with Crippen molar-refractivity contribution >= 4 is 11.9 Å². The lowest BCUT2D eigenvalue weighted by Crippen LogP contribution is -2.77. The van der Waals surface area contributed by atoms with E-state index in [4.69, 9.17) is 18.6 Å². The van der Waals surface area contributed by atoms with Gasteiger partial charge in [-0.1, -0.05) is 13.8 Å². The molecule has 2 aliphatic carbocycles. The average molecular weight is 374 g/mol. The van der Waals surface area contributed by atoms with Crippen LogP contribution in [-0.2, 0) is 23.8 Å². The van der Waals surface area contributed by atoms with Gasteiger partial charge in [-0.05, 0) is 30.7 Å². The number of ether oxygens (including phenoxy) is 3. The van der Waals surface area contributed by atoms with E-state index in [0.29, 0.717) is 19.3 Å². The van der Waals surface area contributed by atoms with E-state index in [0.717, 1.165) is 5.56 Å². The van der Waals surface area contributed by atoms with Gasteiger partial charge in [0.15, 0.2) is 5.60 Å². The third-order valence-corrected chi connectivity index (χ3v) is 8.24. The van der Waals surface area contributed by atoms with Crippen LogP contribution in [0.25, 0.3) is 0 Å². The normalized spacial score (nSPS) is 55.1. The fourth-order valence-corrected chi connectivity index (χ4v) is 6.93. The maximum Gasteiger partial charge on any atom is 0.341 e. The van der Waals surface area contributed by atoms with Crippen LogP contribution in [-0.4, -0.2) is 41.0 Å². The molecule has 27 heavy (non-hydrogen) atoms. The van der Waals surface area contributed by atoms with Crippen LogP contribution in [0.1, 0.15) is 44.8 Å². The molecule has 1 N–H and O–H groups in total. The Morgan fingerprint density at radius 2 is 2.00 bits per heavy atom. The van der Waals surface area contributed by atoms with Crippen LogP contribution >= 0.6 is 0 Å². The van der Waals surface area contributed by atoms with E-state index in [-0.39, 0.29) is 23.9 Å². The van der Waals surface area contributed by atoms with Crippen molar-refractivity contribution in [3.63, 3.8) is 0 Å². The molecule has 1 aromatic rings. The summed E-state index contributed by atoms with van der Waals surface area (Å²) in [6, 6.07) is 1.81. The van der Waals surface area contributed by atoms with E-state index in [1.165, 1.54) is 0 Å². The van der Waals surface area contributed by atoms with Crippen molar-refractivity contribution in [3.05, 3.63) is 24.2 Å². The molecular formula is C20H22O7. The van der Waals surface area contributed by atoms with Gasteiger partial charge in [0.1, 0.15) is 24.4 Å². The number of hydrogen-bond donors (Lipinski definition) is 1. The number of aliphatic hydroxyl groups is 1. The SMILES string of the molecule is C[C@@]12C[C@H](c3ccoc3)OC(=O)[C@H]1CC[C@]1(C)[C@H]2[C@H]2OC(=O)[C@@]1(O)[C@H]1O[C@H]21. The molecule has 4 aliphatic heterocycles. The van der Waals surface area contributed by atoms with Gasteiger partial charge in [0, 0.05) is 16.9 Å². The number of rotatable bonds is 1. The highest BCUT2D eigenvalue weighted by Gasteiger charge is 2.84. The molecule has 4 saturated heterocycles. The highest BCUT2D eigenvalue weighted by molar-refractivity contribution is 5.85. The minimum Gasteiger partial charge on any atom is -0.472 e. The van der Waals surface area contributed by atoms with Crippen molar-refractivity contribution in [2.24, 2.45) is 22.7 Å². The molecule has 144 valence electrons. The molecule has 7 heteroatoms. The second kappa shape index (κ2) is 4.58. The zero-order chi connectivity index (χ0) is 18.8. The fraction of sp³-hybridized carbons (Fsp3) is 0.700.